The van der Waals surface area contributed by atoms with Gasteiger partial charge in [0.25, 0.3) is 0 Å². The Balaban J connectivity index is 2.27. The second-order valence-electron chi connectivity index (χ2n) is 2.80. The van der Waals surface area contributed by atoms with Crippen LogP contribution in [0.4, 0.5) is 5.69 Å². The predicted molar refractivity (Wildman–Crippen MR) is 42.8 cm³/mol. The Labute approximate surface area is 65.9 Å². The molecule has 2 rings (SSSR count). The lowest BCUT2D eigenvalue weighted by molar-refractivity contribution is 0.257. The number of para-hydroxylation sites is 1. The summed E-state index contributed by atoms with van der Waals surface area (Å²) in [5.41, 5.74) is 2.30. The second kappa shape index (κ2) is 2.55. The van der Waals surface area contributed by atoms with Crippen molar-refractivity contribution in [1.82, 2.24) is 5.32 Å². The van der Waals surface area contributed by atoms with Crippen molar-refractivity contribution < 1.29 is 5.11 Å². The molecule has 11 heavy (non-hydrogen) atoms. The maximum atomic E-state index is 8.84. The van der Waals surface area contributed by atoms with Gasteiger partial charge >= 0.3 is 0 Å². The molecule has 1 N–H and O–H groups in total. The SMILES string of the molecule is OC[C@H]1Cc2ccccc2[N]1. The highest BCUT2D eigenvalue weighted by Gasteiger charge is 2.20. The average Bonchev–Trinajstić information content (AvgIpc) is 2.46. The minimum Gasteiger partial charge on any atom is -0.394 e. The van der Waals surface area contributed by atoms with E-state index < -0.39 is 0 Å². The van der Waals surface area contributed by atoms with E-state index >= 15 is 0 Å². The summed E-state index contributed by atoms with van der Waals surface area (Å²) in [6.07, 6.45) is 0.896. The number of hydrogen-bond donors (Lipinski definition) is 1. The van der Waals surface area contributed by atoms with Crippen molar-refractivity contribution in [2.75, 3.05) is 6.61 Å². The molecule has 1 aliphatic rings. The quantitative estimate of drug-likeness (QED) is 0.629. The van der Waals surface area contributed by atoms with Crippen LogP contribution in [-0.2, 0) is 6.42 Å². The number of fused-ring (bicyclic) bond motifs is 1. The first-order chi connectivity index (χ1) is 5.40. The van der Waals surface area contributed by atoms with E-state index in [0.717, 1.165) is 12.1 Å². The predicted octanol–water partition coefficient (Wildman–Crippen LogP) is 0.840. The summed E-state index contributed by atoms with van der Waals surface area (Å²) in [6.45, 7) is 0.161. The zero-order valence-electron chi connectivity index (χ0n) is 6.20. The summed E-state index contributed by atoms with van der Waals surface area (Å²) >= 11 is 0. The molecule has 0 aliphatic carbocycles. The number of rotatable bonds is 1. The van der Waals surface area contributed by atoms with Crippen LogP contribution in [0.15, 0.2) is 24.3 Å². The third-order valence-electron chi connectivity index (χ3n) is 1.98. The second-order valence-corrected chi connectivity index (χ2v) is 2.80. The molecule has 0 fully saturated rings. The van der Waals surface area contributed by atoms with Gasteiger partial charge < -0.3 is 5.11 Å². The molecule has 0 saturated heterocycles. The Kier molecular flexibility index (Phi) is 1.55. The zero-order chi connectivity index (χ0) is 7.68. The van der Waals surface area contributed by atoms with E-state index in [4.69, 9.17) is 5.11 Å². The van der Waals surface area contributed by atoms with Gasteiger partial charge in [0.2, 0.25) is 0 Å². The van der Waals surface area contributed by atoms with E-state index in [2.05, 4.69) is 11.4 Å². The third kappa shape index (κ3) is 1.10. The molecule has 0 unspecified atom stereocenters. The van der Waals surface area contributed by atoms with E-state index in [1.807, 2.05) is 18.2 Å². The molecular weight excluding hydrogens is 138 g/mol. The molecule has 1 radical (unpaired) electrons. The van der Waals surface area contributed by atoms with Crippen molar-refractivity contribution in [2.24, 2.45) is 0 Å². The summed E-state index contributed by atoms with van der Waals surface area (Å²) in [7, 11) is 0. The first-order valence-corrected chi connectivity index (χ1v) is 3.80. The Morgan fingerprint density at radius 2 is 2.27 bits per heavy atom. The van der Waals surface area contributed by atoms with Gasteiger partial charge in [0, 0.05) is 0 Å². The van der Waals surface area contributed by atoms with E-state index in [9.17, 15) is 0 Å². The molecule has 1 atom stereocenters. The van der Waals surface area contributed by atoms with Crippen molar-refractivity contribution in [3.05, 3.63) is 29.8 Å². The third-order valence-corrected chi connectivity index (χ3v) is 1.98. The molecule has 2 nitrogen and oxygen atoms in total. The van der Waals surface area contributed by atoms with E-state index in [-0.39, 0.29) is 12.6 Å². The number of benzene rings is 1. The highest BCUT2D eigenvalue weighted by atomic mass is 16.3. The van der Waals surface area contributed by atoms with Gasteiger partial charge in [-0.05, 0) is 18.1 Å². The fraction of sp³-hybridized carbons (Fsp3) is 0.333. The molecule has 0 saturated carbocycles. The number of aliphatic hydroxyl groups is 1. The van der Waals surface area contributed by atoms with Crippen LogP contribution >= 0.6 is 0 Å². The largest absolute Gasteiger partial charge is 0.394 e. The first kappa shape index (κ1) is 6.68. The topological polar surface area (TPSA) is 34.3 Å². The van der Waals surface area contributed by atoms with Crippen LogP contribution in [0.1, 0.15) is 5.56 Å². The van der Waals surface area contributed by atoms with Crippen molar-refractivity contribution in [3.8, 4) is 0 Å². The van der Waals surface area contributed by atoms with Crippen LogP contribution in [0, 0.1) is 0 Å². The maximum Gasteiger partial charge on any atom is 0.0778 e. The van der Waals surface area contributed by atoms with Gasteiger partial charge in [-0.15, -0.1) is 0 Å². The maximum absolute atomic E-state index is 8.84. The molecule has 0 bridgehead atoms. The lowest BCUT2D eigenvalue weighted by Crippen LogP contribution is -2.18. The fourth-order valence-corrected chi connectivity index (χ4v) is 1.41. The normalized spacial score (nSPS) is 21.0. The van der Waals surface area contributed by atoms with Crippen LogP contribution in [0.5, 0.6) is 0 Å². The lowest BCUT2D eigenvalue weighted by Gasteiger charge is -2.01. The van der Waals surface area contributed by atoms with Gasteiger partial charge in [0.05, 0.1) is 18.3 Å². The Bertz CT molecular complexity index is 234. The smallest absolute Gasteiger partial charge is 0.0778 e. The average molecular weight is 148 g/mol. The standard InChI is InChI=1S/C9H10NO/c11-6-8-5-7-3-1-2-4-9(7)10-8/h1-4,8,11H,5-6H2/t8-/m1/s1. The lowest BCUT2D eigenvalue weighted by atomic mass is 10.1. The highest BCUT2D eigenvalue weighted by molar-refractivity contribution is 5.49. The van der Waals surface area contributed by atoms with E-state index in [1.165, 1.54) is 5.56 Å². The van der Waals surface area contributed by atoms with Crippen molar-refractivity contribution >= 4 is 5.69 Å². The van der Waals surface area contributed by atoms with Gasteiger partial charge in [-0.1, -0.05) is 18.2 Å². The summed E-state index contributed by atoms with van der Waals surface area (Å²) in [5.74, 6) is 0. The molecule has 1 aromatic rings. The molecule has 2 heteroatoms. The van der Waals surface area contributed by atoms with Crippen LogP contribution in [-0.4, -0.2) is 17.8 Å². The minimum atomic E-state index is 0.104. The van der Waals surface area contributed by atoms with Gasteiger partial charge in [-0.3, -0.25) is 5.32 Å². The summed E-state index contributed by atoms with van der Waals surface area (Å²) in [5, 5.41) is 13.2. The van der Waals surface area contributed by atoms with Crippen LogP contribution < -0.4 is 5.32 Å². The first-order valence-electron chi connectivity index (χ1n) is 3.80. The summed E-state index contributed by atoms with van der Waals surface area (Å²) < 4.78 is 0. The van der Waals surface area contributed by atoms with E-state index in [0.29, 0.717) is 0 Å². The summed E-state index contributed by atoms with van der Waals surface area (Å²) in [6, 6.07) is 8.14. The molecule has 1 aromatic carbocycles. The Morgan fingerprint density at radius 3 is 3.00 bits per heavy atom. The van der Waals surface area contributed by atoms with Gasteiger partial charge in [-0.2, -0.15) is 0 Å². The molecule has 0 aromatic heterocycles. The van der Waals surface area contributed by atoms with E-state index in [1.54, 1.807) is 0 Å². The van der Waals surface area contributed by atoms with Crippen molar-refractivity contribution in [3.63, 3.8) is 0 Å². The molecular formula is C9H10NO. The molecule has 0 spiro atoms. The minimum absolute atomic E-state index is 0.104. The van der Waals surface area contributed by atoms with Crippen molar-refractivity contribution in [2.45, 2.75) is 12.5 Å². The highest BCUT2D eigenvalue weighted by Crippen LogP contribution is 2.24. The molecule has 1 aliphatic heterocycles. The molecule has 0 amide bonds. The van der Waals surface area contributed by atoms with Crippen molar-refractivity contribution in [1.29, 1.82) is 0 Å². The fourth-order valence-electron chi connectivity index (χ4n) is 1.41. The number of nitrogens with zero attached hydrogens (tertiary/aromatic N) is 1. The summed E-state index contributed by atoms with van der Waals surface area (Å²) in [4.78, 5) is 0. The van der Waals surface area contributed by atoms with Gasteiger partial charge in [-0.25, -0.2) is 0 Å². The van der Waals surface area contributed by atoms with Gasteiger partial charge in [0.15, 0.2) is 0 Å². The van der Waals surface area contributed by atoms with Crippen LogP contribution in [0.2, 0.25) is 0 Å². The zero-order valence-corrected chi connectivity index (χ0v) is 6.20. The Hall–Kier alpha value is -1.02. The molecule has 1 heterocycles. The van der Waals surface area contributed by atoms with Gasteiger partial charge in [0.1, 0.15) is 0 Å². The Morgan fingerprint density at radius 1 is 1.45 bits per heavy atom. The number of aliphatic hydroxyl groups excluding tert-OH is 1. The number of hydrogen-bond acceptors (Lipinski definition) is 1. The van der Waals surface area contributed by atoms with Crippen LogP contribution in [0.3, 0.4) is 0 Å². The monoisotopic (exact) mass is 148 g/mol. The molecule has 57 valence electrons. The van der Waals surface area contributed by atoms with Crippen LogP contribution in [0.25, 0.3) is 0 Å².